The minimum atomic E-state index is -3.45. The average molecular weight is 387 g/mol. The van der Waals surface area contributed by atoms with Crippen LogP contribution in [0.3, 0.4) is 0 Å². The average Bonchev–Trinajstić information content (AvgIpc) is 3.21. The predicted octanol–water partition coefficient (Wildman–Crippen LogP) is 3.40. The van der Waals surface area contributed by atoms with E-state index in [1.165, 1.54) is 24.6 Å². The van der Waals surface area contributed by atoms with Crippen LogP contribution in [0.5, 0.6) is 0 Å². The van der Waals surface area contributed by atoms with Gasteiger partial charge in [-0.25, -0.2) is 8.42 Å². The van der Waals surface area contributed by atoms with Crippen LogP contribution in [0, 0.1) is 0 Å². The molecule has 1 fully saturated rings. The quantitative estimate of drug-likeness (QED) is 0.792. The van der Waals surface area contributed by atoms with Gasteiger partial charge in [0, 0.05) is 25.3 Å². The molecule has 0 saturated carbocycles. The number of benzene rings is 2. The standard InChI is InChI=1S/C21H26N2O3S/c1-2-15-27(25,26)20-8-4-3-7-19(20)21(24)22-16-17-9-11-18(12-10-17)23-13-5-6-14-23/h3-4,7-12H,2,5-6,13-16H2,1H3,(H,22,24). The largest absolute Gasteiger partial charge is 0.372 e. The van der Waals surface area contributed by atoms with Gasteiger partial charge in [0.1, 0.15) is 0 Å². The predicted molar refractivity (Wildman–Crippen MR) is 108 cm³/mol. The summed E-state index contributed by atoms with van der Waals surface area (Å²) in [5.41, 5.74) is 2.40. The number of amides is 1. The maximum absolute atomic E-state index is 12.6. The fraction of sp³-hybridized carbons (Fsp3) is 0.381. The summed E-state index contributed by atoms with van der Waals surface area (Å²) in [4.78, 5) is 15.0. The Hall–Kier alpha value is -2.34. The summed E-state index contributed by atoms with van der Waals surface area (Å²) >= 11 is 0. The van der Waals surface area contributed by atoms with Crippen molar-refractivity contribution >= 4 is 21.4 Å². The number of hydrogen-bond donors (Lipinski definition) is 1. The van der Waals surface area contributed by atoms with E-state index in [4.69, 9.17) is 0 Å². The third-order valence-corrected chi connectivity index (χ3v) is 6.77. The van der Waals surface area contributed by atoms with Crippen LogP contribution in [0.4, 0.5) is 5.69 Å². The summed E-state index contributed by atoms with van der Waals surface area (Å²) in [6, 6.07) is 14.6. The van der Waals surface area contributed by atoms with Crippen LogP contribution in [0.25, 0.3) is 0 Å². The van der Waals surface area contributed by atoms with Gasteiger partial charge in [-0.1, -0.05) is 31.2 Å². The molecule has 2 aromatic rings. The molecule has 1 amide bonds. The second kappa shape index (κ2) is 8.57. The monoisotopic (exact) mass is 386 g/mol. The third kappa shape index (κ3) is 4.69. The highest BCUT2D eigenvalue weighted by atomic mass is 32.2. The van der Waals surface area contributed by atoms with E-state index >= 15 is 0 Å². The molecular formula is C21H26N2O3S. The fourth-order valence-corrected chi connectivity index (χ4v) is 4.92. The van der Waals surface area contributed by atoms with Crippen molar-refractivity contribution in [3.63, 3.8) is 0 Å². The summed E-state index contributed by atoms with van der Waals surface area (Å²) in [7, 11) is -3.45. The van der Waals surface area contributed by atoms with Gasteiger partial charge in [0.25, 0.3) is 5.91 Å². The molecular weight excluding hydrogens is 360 g/mol. The maximum atomic E-state index is 12.6. The number of hydrogen-bond acceptors (Lipinski definition) is 4. The van der Waals surface area contributed by atoms with Crippen LogP contribution in [0.2, 0.25) is 0 Å². The number of carbonyl (C=O) groups is 1. The van der Waals surface area contributed by atoms with E-state index in [1.54, 1.807) is 18.2 Å². The van der Waals surface area contributed by atoms with Gasteiger partial charge in [-0.15, -0.1) is 0 Å². The van der Waals surface area contributed by atoms with Gasteiger partial charge in [-0.05, 0) is 49.1 Å². The Labute approximate surface area is 161 Å². The topological polar surface area (TPSA) is 66.5 Å². The van der Waals surface area contributed by atoms with Gasteiger partial charge in [-0.3, -0.25) is 4.79 Å². The summed E-state index contributed by atoms with van der Waals surface area (Å²) in [6.07, 6.45) is 2.98. The molecule has 6 heteroatoms. The number of nitrogens with one attached hydrogen (secondary N) is 1. The second-order valence-electron chi connectivity index (χ2n) is 6.86. The molecule has 1 saturated heterocycles. The minimum absolute atomic E-state index is 0.0370. The SMILES string of the molecule is CCCS(=O)(=O)c1ccccc1C(=O)NCc1ccc(N2CCCC2)cc1. The molecule has 0 aromatic heterocycles. The molecule has 144 valence electrons. The van der Waals surface area contributed by atoms with E-state index in [2.05, 4.69) is 22.3 Å². The third-order valence-electron chi connectivity index (χ3n) is 4.80. The highest BCUT2D eigenvalue weighted by Gasteiger charge is 2.21. The van der Waals surface area contributed by atoms with Crippen LogP contribution >= 0.6 is 0 Å². The molecule has 0 atom stereocenters. The van der Waals surface area contributed by atoms with Crippen LogP contribution in [-0.4, -0.2) is 33.2 Å². The van der Waals surface area contributed by atoms with Crippen molar-refractivity contribution in [1.82, 2.24) is 5.32 Å². The van der Waals surface area contributed by atoms with Gasteiger partial charge in [-0.2, -0.15) is 0 Å². The Balaban J connectivity index is 1.68. The number of nitrogens with zero attached hydrogens (tertiary/aromatic N) is 1. The van der Waals surface area contributed by atoms with Gasteiger partial charge >= 0.3 is 0 Å². The van der Waals surface area contributed by atoms with Crippen molar-refractivity contribution in [2.24, 2.45) is 0 Å². The summed E-state index contributed by atoms with van der Waals surface area (Å²) in [5.74, 6) is -0.330. The first kappa shape index (κ1) is 19.4. The lowest BCUT2D eigenvalue weighted by Gasteiger charge is -2.17. The molecule has 0 radical (unpaired) electrons. The Morgan fingerprint density at radius 3 is 2.37 bits per heavy atom. The first-order valence-corrected chi connectivity index (χ1v) is 11.1. The lowest BCUT2D eigenvalue weighted by atomic mass is 10.1. The first-order chi connectivity index (χ1) is 13.0. The zero-order chi connectivity index (χ0) is 19.3. The molecule has 1 N–H and O–H groups in total. The van der Waals surface area contributed by atoms with E-state index < -0.39 is 9.84 Å². The van der Waals surface area contributed by atoms with Crippen LogP contribution < -0.4 is 10.2 Å². The molecule has 1 heterocycles. The number of sulfone groups is 1. The van der Waals surface area contributed by atoms with Crippen LogP contribution in [0.15, 0.2) is 53.4 Å². The molecule has 1 aliphatic rings. The Bertz CT molecular complexity index is 886. The highest BCUT2D eigenvalue weighted by molar-refractivity contribution is 7.91. The smallest absolute Gasteiger partial charge is 0.252 e. The van der Waals surface area contributed by atoms with Crippen molar-refractivity contribution in [2.75, 3.05) is 23.7 Å². The van der Waals surface area contributed by atoms with Crippen LogP contribution in [0.1, 0.15) is 42.1 Å². The van der Waals surface area contributed by atoms with Gasteiger partial charge < -0.3 is 10.2 Å². The molecule has 1 aliphatic heterocycles. The summed E-state index contributed by atoms with van der Waals surface area (Å²) in [5, 5.41) is 2.84. The van der Waals surface area contributed by atoms with Crippen molar-refractivity contribution in [3.05, 3.63) is 59.7 Å². The normalized spacial score (nSPS) is 14.3. The van der Waals surface area contributed by atoms with E-state index in [0.717, 1.165) is 18.7 Å². The first-order valence-electron chi connectivity index (χ1n) is 9.45. The van der Waals surface area contributed by atoms with E-state index in [9.17, 15) is 13.2 Å². The van der Waals surface area contributed by atoms with Gasteiger partial charge in [0.15, 0.2) is 9.84 Å². The van der Waals surface area contributed by atoms with E-state index in [0.29, 0.717) is 13.0 Å². The Morgan fingerprint density at radius 2 is 1.70 bits per heavy atom. The fourth-order valence-electron chi connectivity index (χ4n) is 3.38. The Kier molecular flexibility index (Phi) is 6.16. The molecule has 3 rings (SSSR count). The molecule has 2 aromatic carbocycles. The number of rotatable bonds is 7. The van der Waals surface area contributed by atoms with E-state index in [1.807, 2.05) is 19.1 Å². The lowest BCUT2D eigenvalue weighted by Crippen LogP contribution is -2.25. The van der Waals surface area contributed by atoms with Gasteiger partial charge in [0.2, 0.25) is 0 Å². The molecule has 0 spiro atoms. The maximum Gasteiger partial charge on any atom is 0.252 e. The molecule has 0 unspecified atom stereocenters. The molecule has 27 heavy (non-hydrogen) atoms. The summed E-state index contributed by atoms with van der Waals surface area (Å²) in [6.45, 7) is 4.37. The van der Waals surface area contributed by atoms with E-state index in [-0.39, 0.29) is 22.1 Å². The molecule has 0 aliphatic carbocycles. The lowest BCUT2D eigenvalue weighted by molar-refractivity contribution is 0.0947. The summed E-state index contributed by atoms with van der Waals surface area (Å²) < 4.78 is 24.8. The number of anilines is 1. The Morgan fingerprint density at radius 1 is 1.04 bits per heavy atom. The minimum Gasteiger partial charge on any atom is -0.372 e. The zero-order valence-corrected chi connectivity index (χ0v) is 16.5. The van der Waals surface area contributed by atoms with Crippen molar-refractivity contribution in [3.8, 4) is 0 Å². The van der Waals surface area contributed by atoms with Gasteiger partial charge in [0.05, 0.1) is 16.2 Å². The highest BCUT2D eigenvalue weighted by Crippen LogP contribution is 2.21. The van der Waals surface area contributed by atoms with Crippen LogP contribution in [-0.2, 0) is 16.4 Å². The zero-order valence-electron chi connectivity index (χ0n) is 15.6. The molecule has 5 nitrogen and oxygen atoms in total. The van der Waals surface area contributed by atoms with Crippen molar-refractivity contribution in [2.45, 2.75) is 37.6 Å². The second-order valence-corrected chi connectivity index (χ2v) is 8.94. The van der Waals surface area contributed by atoms with Crippen molar-refractivity contribution < 1.29 is 13.2 Å². The molecule has 0 bridgehead atoms. The van der Waals surface area contributed by atoms with Crippen molar-refractivity contribution in [1.29, 1.82) is 0 Å². The number of carbonyl (C=O) groups excluding carboxylic acids is 1.